The lowest BCUT2D eigenvalue weighted by atomic mass is 9.89. The highest BCUT2D eigenvalue weighted by Gasteiger charge is 2.12. The molecule has 1 aromatic carbocycles. The van der Waals surface area contributed by atoms with Crippen LogP contribution in [-0.4, -0.2) is 0 Å². The van der Waals surface area contributed by atoms with Crippen LogP contribution in [0, 0.1) is 0 Å². The van der Waals surface area contributed by atoms with Crippen molar-refractivity contribution in [2.24, 2.45) is 0 Å². The summed E-state index contributed by atoms with van der Waals surface area (Å²) in [5.41, 5.74) is 2.66. The molecule has 0 radical (unpaired) electrons. The third-order valence-corrected chi connectivity index (χ3v) is 2.63. The monoisotopic (exact) mass is 197 g/mol. The Balaban J connectivity index is 2.25. The Kier molecular flexibility index (Phi) is 3.03. The summed E-state index contributed by atoms with van der Waals surface area (Å²) in [5.74, 6) is 0.323. The number of hydrogen-bond donors (Lipinski definition) is 1. The normalized spacial score (nSPS) is 16.4. The minimum absolute atomic E-state index is 0.323. The number of nitrogens with one attached hydrogen (secondary N) is 1. The molecule has 1 atom stereocenters. The van der Waals surface area contributed by atoms with Crippen LogP contribution in [0.15, 0.2) is 67.0 Å². The van der Waals surface area contributed by atoms with Gasteiger partial charge in [-0.2, -0.15) is 0 Å². The summed E-state index contributed by atoms with van der Waals surface area (Å²) >= 11 is 0. The smallest absolute Gasteiger partial charge is 0.0246 e. The Morgan fingerprint density at radius 2 is 2.07 bits per heavy atom. The van der Waals surface area contributed by atoms with E-state index in [9.17, 15) is 0 Å². The minimum atomic E-state index is 0.323. The lowest BCUT2D eigenvalue weighted by Gasteiger charge is -2.18. The molecule has 0 amide bonds. The lowest BCUT2D eigenvalue weighted by Crippen LogP contribution is -2.07. The van der Waals surface area contributed by atoms with Gasteiger partial charge in [0.25, 0.3) is 0 Å². The summed E-state index contributed by atoms with van der Waals surface area (Å²) in [6, 6.07) is 10.5. The van der Waals surface area contributed by atoms with E-state index < -0.39 is 0 Å². The molecule has 0 saturated heterocycles. The fraction of sp³-hybridized carbons (Fsp3) is 0.143. The summed E-state index contributed by atoms with van der Waals surface area (Å²) in [6.07, 6.45) is 9.17. The highest BCUT2D eigenvalue weighted by molar-refractivity contribution is 5.35. The van der Waals surface area contributed by atoms with E-state index >= 15 is 0 Å². The summed E-state index contributed by atoms with van der Waals surface area (Å²) in [6.45, 7) is 3.92. The number of benzene rings is 1. The number of dihydropyridines is 1. The first-order valence-corrected chi connectivity index (χ1v) is 5.19. The van der Waals surface area contributed by atoms with Crippen LogP contribution in [0.3, 0.4) is 0 Å². The highest BCUT2D eigenvalue weighted by Crippen LogP contribution is 2.28. The highest BCUT2D eigenvalue weighted by atomic mass is 14.8. The number of hydrogen-bond acceptors (Lipinski definition) is 1. The van der Waals surface area contributed by atoms with Gasteiger partial charge >= 0.3 is 0 Å². The molecule has 1 nitrogen and oxygen atoms in total. The molecule has 1 aromatic rings. The van der Waals surface area contributed by atoms with Crippen LogP contribution >= 0.6 is 0 Å². The third-order valence-electron chi connectivity index (χ3n) is 2.63. The quantitative estimate of drug-likeness (QED) is 0.733. The average molecular weight is 197 g/mol. The molecule has 1 aliphatic heterocycles. The van der Waals surface area contributed by atoms with E-state index in [2.05, 4.69) is 48.4 Å². The molecule has 1 aliphatic rings. The van der Waals surface area contributed by atoms with E-state index in [4.69, 9.17) is 0 Å². The first kappa shape index (κ1) is 9.78. The Morgan fingerprint density at radius 3 is 2.67 bits per heavy atom. The molecule has 0 fully saturated rings. The van der Waals surface area contributed by atoms with Crippen LogP contribution in [0.5, 0.6) is 0 Å². The molecule has 1 unspecified atom stereocenters. The van der Waals surface area contributed by atoms with Gasteiger partial charge in [-0.05, 0) is 23.8 Å². The van der Waals surface area contributed by atoms with E-state index in [1.54, 1.807) is 0 Å². The van der Waals surface area contributed by atoms with Gasteiger partial charge in [0, 0.05) is 12.1 Å². The van der Waals surface area contributed by atoms with Gasteiger partial charge in [-0.1, -0.05) is 42.5 Å². The van der Waals surface area contributed by atoms with Crippen LogP contribution in [0.4, 0.5) is 0 Å². The lowest BCUT2D eigenvalue weighted by molar-refractivity contribution is 0.899. The van der Waals surface area contributed by atoms with Gasteiger partial charge in [0.15, 0.2) is 0 Å². The predicted molar refractivity (Wildman–Crippen MR) is 64.4 cm³/mol. The van der Waals surface area contributed by atoms with Crippen LogP contribution in [0.1, 0.15) is 17.9 Å². The van der Waals surface area contributed by atoms with Gasteiger partial charge in [-0.15, -0.1) is 6.58 Å². The molecule has 15 heavy (non-hydrogen) atoms. The van der Waals surface area contributed by atoms with Gasteiger partial charge in [-0.3, -0.25) is 0 Å². The fourth-order valence-electron chi connectivity index (χ4n) is 1.86. The van der Waals surface area contributed by atoms with E-state index in [1.165, 1.54) is 11.1 Å². The molecular weight excluding hydrogens is 182 g/mol. The largest absolute Gasteiger partial charge is 0.368 e. The van der Waals surface area contributed by atoms with E-state index in [-0.39, 0.29) is 0 Å². The SMILES string of the molecule is C=CC(C1=CNC=CC1)c1ccccc1. The summed E-state index contributed by atoms with van der Waals surface area (Å²) < 4.78 is 0. The van der Waals surface area contributed by atoms with Crippen molar-refractivity contribution < 1.29 is 0 Å². The second kappa shape index (κ2) is 4.65. The van der Waals surface area contributed by atoms with Gasteiger partial charge < -0.3 is 5.32 Å². The molecule has 1 N–H and O–H groups in total. The molecule has 0 spiro atoms. The fourth-order valence-corrected chi connectivity index (χ4v) is 1.86. The Bertz CT molecular complexity index is 387. The van der Waals surface area contributed by atoms with Crippen molar-refractivity contribution >= 4 is 0 Å². The van der Waals surface area contributed by atoms with Crippen molar-refractivity contribution in [1.82, 2.24) is 5.32 Å². The second-order valence-corrected chi connectivity index (χ2v) is 3.62. The topological polar surface area (TPSA) is 12.0 Å². The Morgan fingerprint density at radius 1 is 1.27 bits per heavy atom. The molecule has 76 valence electrons. The maximum atomic E-state index is 3.92. The molecular formula is C14H15N. The first-order valence-electron chi connectivity index (χ1n) is 5.19. The van der Waals surface area contributed by atoms with Crippen molar-refractivity contribution in [3.63, 3.8) is 0 Å². The van der Waals surface area contributed by atoms with Gasteiger partial charge in [0.2, 0.25) is 0 Å². The molecule has 0 bridgehead atoms. The maximum absolute atomic E-state index is 3.92. The summed E-state index contributed by atoms with van der Waals surface area (Å²) in [5, 5.41) is 3.13. The van der Waals surface area contributed by atoms with Crippen LogP contribution in [-0.2, 0) is 0 Å². The molecule has 0 aliphatic carbocycles. The zero-order valence-electron chi connectivity index (χ0n) is 8.69. The molecule has 1 heteroatoms. The van der Waals surface area contributed by atoms with E-state index in [1.807, 2.05) is 18.3 Å². The van der Waals surface area contributed by atoms with Crippen molar-refractivity contribution in [2.45, 2.75) is 12.3 Å². The van der Waals surface area contributed by atoms with Crippen molar-refractivity contribution in [2.75, 3.05) is 0 Å². The van der Waals surface area contributed by atoms with Gasteiger partial charge in [-0.25, -0.2) is 0 Å². The van der Waals surface area contributed by atoms with Crippen molar-refractivity contribution in [3.05, 3.63) is 72.6 Å². The van der Waals surface area contributed by atoms with Gasteiger partial charge in [0.1, 0.15) is 0 Å². The standard InChI is InChI=1S/C14H15N/c1-2-14(12-7-4-3-5-8-12)13-9-6-10-15-11-13/h2-8,10-11,14-15H,1,9H2. The molecule has 0 saturated carbocycles. The minimum Gasteiger partial charge on any atom is -0.368 e. The van der Waals surface area contributed by atoms with Crippen LogP contribution < -0.4 is 5.32 Å². The van der Waals surface area contributed by atoms with Crippen LogP contribution in [0.25, 0.3) is 0 Å². The van der Waals surface area contributed by atoms with E-state index in [0.29, 0.717) is 5.92 Å². The third kappa shape index (κ3) is 2.18. The molecule has 0 aromatic heterocycles. The Hall–Kier alpha value is -1.76. The Labute approximate surface area is 90.8 Å². The predicted octanol–water partition coefficient (Wildman–Crippen LogP) is 3.35. The average Bonchev–Trinajstić information content (AvgIpc) is 2.33. The first-order chi connectivity index (χ1) is 7.42. The summed E-state index contributed by atoms with van der Waals surface area (Å²) in [7, 11) is 0. The summed E-state index contributed by atoms with van der Waals surface area (Å²) in [4.78, 5) is 0. The number of rotatable bonds is 3. The van der Waals surface area contributed by atoms with E-state index in [0.717, 1.165) is 6.42 Å². The molecule has 2 rings (SSSR count). The zero-order chi connectivity index (χ0) is 10.5. The van der Waals surface area contributed by atoms with Gasteiger partial charge in [0.05, 0.1) is 0 Å². The number of allylic oxidation sites excluding steroid dienone is 3. The molecule has 1 heterocycles. The second-order valence-electron chi connectivity index (χ2n) is 3.62. The maximum Gasteiger partial charge on any atom is 0.0246 e. The zero-order valence-corrected chi connectivity index (χ0v) is 8.69. The van der Waals surface area contributed by atoms with Crippen molar-refractivity contribution in [1.29, 1.82) is 0 Å². The van der Waals surface area contributed by atoms with Crippen molar-refractivity contribution in [3.8, 4) is 0 Å². The van der Waals surface area contributed by atoms with Crippen LogP contribution in [0.2, 0.25) is 0 Å².